The summed E-state index contributed by atoms with van der Waals surface area (Å²) in [5, 5.41) is 20.6. The third-order valence-corrected chi connectivity index (χ3v) is 11.3. The van der Waals surface area contributed by atoms with E-state index < -0.39 is 0 Å². The van der Waals surface area contributed by atoms with Gasteiger partial charge in [-0.15, -0.1) is 0 Å². The number of fused-ring (bicyclic) bond motifs is 5. The first-order chi connectivity index (χ1) is 15.3. The molecule has 0 aliphatic heterocycles. The number of aromatic nitrogens is 2. The van der Waals surface area contributed by atoms with Crippen LogP contribution >= 0.6 is 0 Å². The SMILES string of the molecule is CC(Cn1cc(C#N)cn1)C1CCC2C3CCC4(C)CCCCC4(C)C3CCC12C.CO. The standard InChI is InChI=1S/C27H41N3.CH4O/c1-19(17-30-18-20(15-28)16-29-30)22-7-8-23-21-9-13-25(2)11-5-6-12-27(25,4)24(21)10-14-26(22,23)3;1-2/h16,18-19,21-24H,5-14,17H2,1-4H3;2H,1H3. The van der Waals surface area contributed by atoms with Gasteiger partial charge in [-0.05, 0) is 97.2 Å². The molecule has 0 amide bonds. The van der Waals surface area contributed by atoms with Crippen molar-refractivity contribution >= 4 is 0 Å². The second kappa shape index (κ2) is 8.79. The molecule has 0 saturated heterocycles. The number of hydrogen-bond acceptors (Lipinski definition) is 3. The molecule has 4 fully saturated rings. The fourth-order valence-electron chi connectivity index (χ4n) is 9.52. The van der Waals surface area contributed by atoms with Crippen LogP contribution in [0, 0.1) is 57.2 Å². The molecule has 1 heterocycles. The summed E-state index contributed by atoms with van der Waals surface area (Å²) in [5.74, 6) is 4.28. The molecule has 1 aromatic rings. The van der Waals surface area contributed by atoms with Gasteiger partial charge in [0.2, 0.25) is 0 Å². The van der Waals surface area contributed by atoms with Gasteiger partial charge in [0.05, 0.1) is 11.8 Å². The van der Waals surface area contributed by atoms with E-state index in [4.69, 9.17) is 10.4 Å². The lowest BCUT2D eigenvalue weighted by Gasteiger charge is -2.65. The second-order valence-electron chi connectivity index (χ2n) is 12.4. The molecular weight excluding hydrogens is 394 g/mol. The molecule has 0 radical (unpaired) electrons. The van der Waals surface area contributed by atoms with Gasteiger partial charge < -0.3 is 5.11 Å². The smallest absolute Gasteiger partial charge is 0.102 e. The normalized spacial score (nSPS) is 43.7. The molecule has 32 heavy (non-hydrogen) atoms. The first-order valence-electron chi connectivity index (χ1n) is 13.2. The van der Waals surface area contributed by atoms with Crippen LogP contribution in [-0.2, 0) is 6.54 Å². The first kappa shape index (κ1) is 23.8. The number of hydrogen-bond donors (Lipinski definition) is 1. The quantitative estimate of drug-likeness (QED) is 0.589. The Balaban J connectivity index is 0.00000119. The Morgan fingerprint density at radius 1 is 1.06 bits per heavy atom. The van der Waals surface area contributed by atoms with Crippen LogP contribution in [0.3, 0.4) is 0 Å². The maximum atomic E-state index is 9.12. The predicted molar refractivity (Wildman–Crippen MR) is 129 cm³/mol. The third-order valence-electron chi connectivity index (χ3n) is 11.3. The van der Waals surface area contributed by atoms with E-state index in [-0.39, 0.29) is 0 Å². The molecule has 0 spiro atoms. The molecule has 4 saturated carbocycles. The molecule has 0 bridgehead atoms. The topological polar surface area (TPSA) is 61.8 Å². The largest absolute Gasteiger partial charge is 0.400 e. The molecule has 1 N–H and O–H groups in total. The molecular formula is C28H45N3O. The lowest BCUT2D eigenvalue weighted by molar-refractivity contribution is -0.154. The first-order valence-corrected chi connectivity index (χ1v) is 13.2. The van der Waals surface area contributed by atoms with E-state index in [0.29, 0.717) is 27.7 Å². The van der Waals surface area contributed by atoms with Crippen LogP contribution in [0.4, 0.5) is 0 Å². The van der Waals surface area contributed by atoms with E-state index in [1.54, 1.807) is 6.20 Å². The van der Waals surface area contributed by atoms with Gasteiger partial charge in [0, 0.05) is 19.9 Å². The zero-order chi connectivity index (χ0) is 23.1. The third kappa shape index (κ3) is 3.54. The summed E-state index contributed by atoms with van der Waals surface area (Å²) in [6.07, 6.45) is 18.2. The van der Waals surface area contributed by atoms with Crippen LogP contribution in [-0.4, -0.2) is 22.0 Å². The van der Waals surface area contributed by atoms with E-state index in [0.717, 1.165) is 37.3 Å². The summed E-state index contributed by atoms with van der Waals surface area (Å²) < 4.78 is 2.01. The van der Waals surface area contributed by atoms with Crippen molar-refractivity contribution in [1.82, 2.24) is 9.78 Å². The Morgan fingerprint density at radius 3 is 2.53 bits per heavy atom. The molecule has 8 atom stereocenters. The average molecular weight is 440 g/mol. The molecule has 5 rings (SSSR count). The van der Waals surface area contributed by atoms with Gasteiger partial charge in [0.1, 0.15) is 6.07 Å². The van der Waals surface area contributed by atoms with Crippen LogP contribution in [0.1, 0.15) is 97.5 Å². The Labute approximate surface area is 195 Å². The van der Waals surface area contributed by atoms with E-state index >= 15 is 0 Å². The van der Waals surface area contributed by atoms with E-state index in [2.05, 4.69) is 38.9 Å². The fourth-order valence-corrected chi connectivity index (χ4v) is 9.52. The Kier molecular flexibility index (Phi) is 6.54. The summed E-state index contributed by atoms with van der Waals surface area (Å²) >= 11 is 0. The Bertz CT molecular complexity index is 842. The maximum absolute atomic E-state index is 9.12. The van der Waals surface area contributed by atoms with Gasteiger partial charge >= 0.3 is 0 Å². The van der Waals surface area contributed by atoms with Crippen LogP contribution in [0.25, 0.3) is 0 Å². The van der Waals surface area contributed by atoms with Crippen molar-refractivity contribution < 1.29 is 5.11 Å². The number of rotatable bonds is 3. The fraction of sp³-hybridized carbons (Fsp3) is 0.857. The van der Waals surface area contributed by atoms with Crippen LogP contribution < -0.4 is 0 Å². The molecule has 4 heteroatoms. The predicted octanol–water partition coefficient (Wildman–Crippen LogP) is 6.44. The van der Waals surface area contributed by atoms with Gasteiger partial charge in [-0.3, -0.25) is 4.68 Å². The molecule has 0 aromatic carbocycles. The van der Waals surface area contributed by atoms with Crippen LogP contribution in [0.5, 0.6) is 0 Å². The van der Waals surface area contributed by atoms with Crippen molar-refractivity contribution in [2.45, 2.75) is 98.4 Å². The lowest BCUT2D eigenvalue weighted by Crippen LogP contribution is -2.56. The number of aliphatic hydroxyl groups excluding tert-OH is 1. The van der Waals surface area contributed by atoms with Gasteiger partial charge in [-0.2, -0.15) is 10.4 Å². The van der Waals surface area contributed by atoms with Gasteiger partial charge in [0.25, 0.3) is 0 Å². The van der Waals surface area contributed by atoms with E-state index in [1.807, 2.05) is 10.9 Å². The molecule has 1 aromatic heterocycles. The molecule has 8 unspecified atom stereocenters. The summed E-state index contributed by atoms with van der Waals surface area (Å²) in [4.78, 5) is 0. The van der Waals surface area contributed by atoms with Crippen molar-refractivity contribution in [3.8, 4) is 6.07 Å². The van der Waals surface area contributed by atoms with Crippen LogP contribution in [0.2, 0.25) is 0 Å². The summed E-state index contributed by atoms with van der Waals surface area (Å²) in [6.45, 7) is 11.4. The highest BCUT2D eigenvalue weighted by Gasteiger charge is 2.62. The highest BCUT2D eigenvalue weighted by atomic mass is 16.2. The zero-order valence-electron chi connectivity index (χ0n) is 21.1. The van der Waals surface area contributed by atoms with Crippen molar-refractivity contribution in [2.24, 2.45) is 45.8 Å². The Morgan fingerprint density at radius 2 is 1.81 bits per heavy atom. The molecule has 4 aliphatic rings. The summed E-state index contributed by atoms with van der Waals surface area (Å²) in [5.41, 5.74) is 2.38. The van der Waals surface area contributed by atoms with Crippen LogP contribution in [0.15, 0.2) is 12.4 Å². The zero-order valence-corrected chi connectivity index (χ0v) is 21.1. The van der Waals surface area contributed by atoms with Crippen molar-refractivity contribution in [3.05, 3.63) is 18.0 Å². The number of nitrogens with zero attached hydrogens (tertiary/aromatic N) is 3. The van der Waals surface area contributed by atoms with Crippen molar-refractivity contribution in [3.63, 3.8) is 0 Å². The second-order valence-corrected chi connectivity index (χ2v) is 12.4. The monoisotopic (exact) mass is 439 g/mol. The van der Waals surface area contributed by atoms with Crippen molar-refractivity contribution in [2.75, 3.05) is 7.11 Å². The molecule has 4 aliphatic carbocycles. The maximum Gasteiger partial charge on any atom is 0.102 e. The van der Waals surface area contributed by atoms with Gasteiger partial charge in [-0.1, -0.05) is 40.5 Å². The lowest BCUT2D eigenvalue weighted by atomic mass is 9.40. The van der Waals surface area contributed by atoms with E-state index in [1.165, 1.54) is 64.2 Å². The summed E-state index contributed by atoms with van der Waals surface area (Å²) in [6, 6.07) is 2.22. The van der Waals surface area contributed by atoms with Crippen molar-refractivity contribution in [1.29, 1.82) is 5.26 Å². The number of nitriles is 1. The minimum atomic E-state index is 0.505. The minimum absolute atomic E-state index is 0.505. The molecule has 4 nitrogen and oxygen atoms in total. The Hall–Kier alpha value is -1.34. The average Bonchev–Trinajstić information content (AvgIpc) is 3.39. The van der Waals surface area contributed by atoms with E-state index in [9.17, 15) is 0 Å². The minimum Gasteiger partial charge on any atom is -0.400 e. The highest BCUT2D eigenvalue weighted by molar-refractivity contribution is 5.21. The van der Waals surface area contributed by atoms with Gasteiger partial charge in [-0.25, -0.2) is 0 Å². The van der Waals surface area contributed by atoms with Gasteiger partial charge in [0.15, 0.2) is 0 Å². The number of aliphatic hydroxyl groups is 1. The molecule has 178 valence electrons. The highest BCUT2D eigenvalue weighted by Crippen LogP contribution is 2.71. The summed E-state index contributed by atoms with van der Waals surface area (Å²) in [7, 11) is 1.00.